The molecule has 0 radical (unpaired) electrons. The highest BCUT2D eigenvalue weighted by atomic mass is 16.5. The third-order valence-electron chi connectivity index (χ3n) is 1.64. The minimum absolute atomic E-state index is 0.723. The number of ether oxygens (including phenoxy) is 1. The van der Waals surface area contributed by atoms with Crippen LogP contribution in [-0.4, -0.2) is 11.1 Å². The fourth-order valence-electron chi connectivity index (χ4n) is 0.972. The quantitative estimate of drug-likeness (QED) is 0.605. The van der Waals surface area contributed by atoms with Crippen LogP contribution in [0.4, 0.5) is 0 Å². The van der Waals surface area contributed by atoms with Crippen LogP contribution in [0.2, 0.25) is 0 Å². The molecular weight excluding hydrogens is 192 g/mol. The van der Waals surface area contributed by atoms with Crippen molar-refractivity contribution < 1.29 is 14.6 Å². The first-order chi connectivity index (χ1) is 7.22. The van der Waals surface area contributed by atoms with Crippen molar-refractivity contribution in [2.45, 2.75) is 6.92 Å². The average molecular weight is 204 g/mol. The van der Waals surface area contributed by atoms with Gasteiger partial charge in [-0.15, -0.1) is 0 Å². The molecule has 1 rings (SSSR count). The molecule has 0 heterocycles. The largest absolute Gasteiger partial charge is 0.478 e. The standard InChI is InChI=1S/C12H12O3/c1-2-9-15-11-6-3-10(4-7-11)5-8-12(13)14/h2-9H,1H3,(H,13,14). The number of aliphatic carboxylic acids is 1. The Morgan fingerprint density at radius 2 is 2.00 bits per heavy atom. The van der Waals surface area contributed by atoms with E-state index in [1.807, 2.05) is 6.92 Å². The molecule has 0 saturated heterocycles. The predicted octanol–water partition coefficient (Wildman–Crippen LogP) is 2.70. The fraction of sp³-hybridized carbons (Fsp3) is 0.0833. The SMILES string of the molecule is CC=COc1ccc(C=CC(=O)O)cc1. The number of carbonyl (C=O) groups is 1. The van der Waals surface area contributed by atoms with Crippen molar-refractivity contribution in [1.29, 1.82) is 0 Å². The predicted molar refractivity (Wildman–Crippen MR) is 58.6 cm³/mol. The van der Waals surface area contributed by atoms with Crippen molar-refractivity contribution >= 4 is 12.0 Å². The summed E-state index contributed by atoms with van der Waals surface area (Å²) >= 11 is 0. The Hall–Kier alpha value is -2.03. The van der Waals surface area contributed by atoms with Crippen LogP contribution in [0.15, 0.2) is 42.7 Å². The van der Waals surface area contributed by atoms with Gasteiger partial charge in [-0.1, -0.05) is 18.2 Å². The van der Waals surface area contributed by atoms with Crippen LogP contribution in [0.25, 0.3) is 6.08 Å². The van der Waals surface area contributed by atoms with Crippen LogP contribution >= 0.6 is 0 Å². The molecule has 15 heavy (non-hydrogen) atoms. The molecule has 0 bridgehead atoms. The Kier molecular flexibility index (Phi) is 4.16. The van der Waals surface area contributed by atoms with E-state index in [0.29, 0.717) is 0 Å². The van der Waals surface area contributed by atoms with E-state index < -0.39 is 5.97 Å². The summed E-state index contributed by atoms with van der Waals surface area (Å²) in [5, 5.41) is 8.42. The van der Waals surface area contributed by atoms with E-state index in [0.717, 1.165) is 17.4 Å². The van der Waals surface area contributed by atoms with Crippen LogP contribution in [0.1, 0.15) is 12.5 Å². The normalized spacial score (nSPS) is 11.0. The van der Waals surface area contributed by atoms with Gasteiger partial charge in [0.2, 0.25) is 0 Å². The molecule has 0 aliphatic carbocycles. The van der Waals surface area contributed by atoms with E-state index in [-0.39, 0.29) is 0 Å². The summed E-state index contributed by atoms with van der Waals surface area (Å²) in [5.74, 6) is -0.232. The first kappa shape index (κ1) is 11.0. The van der Waals surface area contributed by atoms with Gasteiger partial charge in [-0.2, -0.15) is 0 Å². The third kappa shape index (κ3) is 4.13. The van der Waals surface area contributed by atoms with Gasteiger partial charge >= 0.3 is 5.97 Å². The van der Waals surface area contributed by atoms with Crippen molar-refractivity contribution in [2.75, 3.05) is 0 Å². The summed E-state index contributed by atoms with van der Waals surface area (Å²) in [6, 6.07) is 7.14. The Bertz CT molecular complexity index is 374. The van der Waals surface area contributed by atoms with Gasteiger partial charge < -0.3 is 9.84 Å². The first-order valence-electron chi connectivity index (χ1n) is 4.51. The molecule has 1 aromatic rings. The molecule has 0 aliphatic heterocycles. The van der Waals surface area contributed by atoms with Crippen molar-refractivity contribution in [3.05, 3.63) is 48.2 Å². The zero-order chi connectivity index (χ0) is 11.1. The van der Waals surface area contributed by atoms with Gasteiger partial charge in [0.25, 0.3) is 0 Å². The molecule has 0 aliphatic rings. The Balaban J connectivity index is 2.67. The molecule has 3 nitrogen and oxygen atoms in total. The van der Waals surface area contributed by atoms with E-state index in [1.165, 1.54) is 6.08 Å². The van der Waals surface area contributed by atoms with Gasteiger partial charge in [-0.05, 0) is 30.7 Å². The maximum absolute atomic E-state index is 10.3. The molecule has 0 spiro atoms. The number of carboxylic acid groups (broad SMARTS) is 1. The lowest BCUT2D eigenvalue weighted by Gasteiger charge is -1.99. The van der Waals surface area contributed by atoms with Gasteiger partial charge in [-0.25, -0.2) is 4.79 Å². The lowest BCUT2D eigenvalue weighted by Crippen LogP contribution is -1.86. The maximum Gasteiger partial charge on any atom is 0.328 e. The number of carboxylic acids is 1. The van der Waals surface area contributed by atoms with Gasteiger partial charge in [0.05, 0.1) is 6.26 Å². The molecule has 0 saturated carbocycles. The minimum Gasteiger partial charge on any atom is -0.478 e. The molecule has 1 aromatic carbocycles. The molecule has 0 atom stereocenters. The van der Waals surface area contributed by atoms with Crippen molar-refractivity contribution in [2.24, 2.45) is 0 Å². The van der Waals surface area contributed by atoms with Crippen LogP contribution in [0, 0.1) is 0 Å². The van der Waals surface area contributed by atoms with Crippen LogP contribution in [0.3, 0.4) is 0 Å². The molecule has 3 heteroatoms. The second-order valence-corrected chi connectivity index (χ2v) is 2.83. The van der Waals surface area contributed by atoms with Crippen molar-refractivity contribution in [3.8, 4) is 5.75 Å². The summed E-state index contributed by atoms with van der Waals surface area (Å²) < 4.78 is 5.21. The summed E-state index contributed by atoms with van der Waals surface area (Å²) in [4.78, 5) is 10.3. The van der Waals surface area contributed by atoms with E-state index in [2.05, 4.69) is 0 Å². The zero-order valence-corrected chi connectivity index (χ0v) is 8.38. The molecule has 0 unspecified atom stereocenters. The number of hydrogen-bond acceptors (Lipinski definition) is 2. The van der Waals surface area contributed by atoms with Gasteiger partial charge in [0.1, 0.15) is 5.75 Å². The second-order valence-electron chi connectivity index (χ2n) is 2.83. The highest BCUT2D eigenvalue weighted by Crippen LogP contribution is 2.13. The number of benzene rings is 1. The van der Waals surface area contributed by atoms with Crippen LogP contribution in [0.5, 0.6) is 5.75 Å². The topological polar surface area (TPSA) is 46.5 Å². The highest BCUT2D eigenvalue weighted by molar-refractivity contribution is 5.85. The van der Waals surface area contributed by atoms with E-state index in [9.17, 15) is 4.79 Å². The number of allylic oxidation sites excluding steroid dienone is 1. The van der Waals surface area contributed by atoms with Crippen molar-refractivity contribution in [3.63, 3.8) is 0 Å². The first-order valence-corrected chi connectivity index (χ1v) is 4.51. The van der Waals surface area contributed by atoms with E-state index >= 15 is 0 Å². The monoisotopic (exact) mass is 204 g/mol. The Labute approximate surface area is 88.3 Å². The van der Waals surface area contributed by atoms with Gasteiger partial charge in [0.15, 0.2) is 0 Å². The van der Waals surface area contributed by atoms with Gasteiger partial charge in [0, 0.05) is 6.08 Å². The lowest BCUT2D eigenvalue weighted by atomic mass is 10.2. The maximum atomic E-state index is 10.3. The van der Waals surface area contributed by atoms with E-state index in [4.69, 9.17) is 9.84 Å². The number of rotatable bonds is 4. The van der Waals surface area contributed by atoms with Crippen LogP contribution in [-0.2, 0) is 4.79 Å². The number of hydrogen-bond donors (Lipinski definition) is 1. The molecule has 78 valence electrons. The van der Waals surface area contributed by atoms with Crippen molar-refractivity contribution in [1.82, 2.24) is 0 Å². The smallest absolute Gasteiger partial charge is 0.328 e. The molecule has 1 N–H and O–H groups in total. The summed E-state index contributed by atoms with van der Waals surface area (Å²) in [6.07, 6.45) is 6.00. The fourth-order valence-corrected chi connectivity index (χ4v) is 0.972. The minimum atomic E-state index is -0.954. The summed E-state index contributed by atoms with van der Waals surface area (Å²) in [6.45, 7) is 1.87. The Morgan fingerprint density at radius 1 is 1.33 bits per heavy atom. The summed E-state index contributed by atoms with van der Waals surface area (Å²) in [7, 11) is 0. The molecule has 0 aromatic heterocycles. The average Bonchev–Trinajstić information content (AvgIpc) is 2.25. The highest BCUT2D eigenvalue weighted by Gasteiger charge is 1.92. The molecule has 0 amide bonds. The Morgan fingerprint density at radius 3 is 2.53 bits per heavy atom. The third-order valence-corrected chi connectivity index (χ3v) is 1.64. The summed E-state index contributed by atoms with van der Waals surface area (Å²) in [5.41, 5.74) is 0.824. The molecule has 0 fully saturated rings. The zero-order valence-electron chi connectivity index (χ0n) is 8.38. The van der Waals surface area contributed by atoms with E-state index in [1.54, 1.807) is 36.6 Å². The molecular formula is C12H12O3. The van der Waals surface area contributed by atoms with Crippen LogP contribution < -0.4 is 4.74 Å². The lowest BCUT2D eigenvalue weighted by molar-refractivity contribution is -0.131. The van der Waals surface area contributed by atoms with Gasteiger partial charge in [-0.3, -0.25) is 0 Å². The second kappa shape index (κ2) is 5.65.